The summed E-state index contributed by atoms with van der Waals surface area (Å²) in [5.74, 6) is 0.102. The largest absolute Gasteiger partial charge is 0.336 e. The number of rotatable bonds is 2. The minimum absolute atomic E-state index is 0.102. The Bertz CT molecular complexity index is 593. The molecular weight excluding hydrogens is 242 g/mol. The smallest absolute Gasteiger partial charge is 0.244 e. The van der Waals surface area contributed by atoms with Gasteiger partial charge in [-0.25, -0.2) is 4.68 Å². The molecule has 1 unspecified atom stereocenters. The first-order chi connectivity index (χ1) is 9.25. The van der Waals surface area contributed by atoms with Crippen LogP contribution in [-0.2, 0) is 11.3 Å². The fourth-order valence-electron chi connectivity index (χ4n) is 2.46. The number of hydrogen-bond donors (Lipinski definition) is 1. The van der Waals surface area contributed by atoms with Crippen molar-refractivity contribution in [1.29, 1.82) is 0 Å². The number of benzene rings is 1. The summed E-state index contributed by atoms with van der Waals surface area (Å²) in [4.78, 5) is 14.2. The van der Waals surface area contributed by atoms with E-state index in [0.717, 1.165) is 30.7 Å². The van der Waals surface area contributed by atoms with Crippen LogP contribution < -0.4 is 5.32 Å². The summed E-state index contributed by atoms with van der Waals surface area (Å²) >= 11 is 0. The molecule has 1 amide bonds. The van der Waals surface area contributed by atoms with Gasteiger partial charge >= 0.3 is 0 Å². The molecule has 1 N–H and O–H groups in total. The van der Waals surface area contributed by atoms with Crippen molar-refractivity contribution in [3.05, 3.63) is 24.3 Å². The molecule has 0 radical (unpaired) electrons. The van der Waals surface area contributed by atoms with Crippen LogP contribution in [0, 0.1) is 0 Å². The number of aromatic nitrogens is 3. The van der Waals surface area contributed by atoms with Gasteiger partial charge in [0.05, 0.1) is 5.52 Å². The first-order valence-corrected chi connectivity index (χ1v) is 6.54. The predicted octanol–water partition coefficient (Wildman–Crippen LogP) is 0.252. The number of piperazine rings is 1. The molecular formula is C13H17N5O. The Kier molecular flexibility index (Phi) is 3.16. The van der Waals surface area contributed by atoms with Gasteiger partial charge in [0, 0.05) is 25.7 Å². The maximum absolute atomic E-state index is 12.3. The van der Waals surface area contributed by atoms with Crippen molar-refractivity contribution in [3.8, 4) is 0 Å². The van der Waals surface area contributed by atoms with E-state index in [1.165, 1.54) is 0 Å². The van der Waals surface area contributed by atoms with Gasteiger partial charge in [-0.1, -0.05) is 17.3 Å². The van der Waals surface area contributed by atoms with Gasteiger partial charge in [0.15, 0.2) is 0 Å². The van der Waals surface area contributed by atoms with E-state index < -0.39 is 0 Å². The van der Waals surface area contributed by atoms with Crippen LogP contribution in [0.25, 0.3) is 11.0 Å². The van der Waals surface area contributed by atoms with Crippen LogP contribution in [0.3, 0.4) is 0 Å². The van der Waals surface area contributed by atoms with Gasteiger partial charge in [0.2, 0.25) is 5.91 Å². The molecule has 1 atom stereocenters. The molecule has 0 saturated carbocycles. The van der Waals surface area contributed by atoms with E-state index in [-0.39, 0.29) is 18.5 Å². The van der Waals surface area contributed by atoms with Crippen molar-refractivity contribution in [2.75, 3.05) is 19.6 Å². The summed E-state index contributed by atoms with van der Waals surface area (Å²) < 4.78 is 1.67. The van der Waals surface area contributed by atoms with Crippen LogP contribution in [0.1, 0.15) is 6.92 Å². The summed E-state index contributed by atoms with van der Waals surface area (Å²) in [5.41, 5.74) is 1.72. The minimum atomic E-state index is 0.102. The average molecular weight is 259 g/mol. The minimum Gasteiger partial charge on any atom is -0.336 e. The van der Waals surface area contributed by atoms with Crippen molar-refractivity contribution in [2.24, 2.45) is 0 Å². The van der Waals surface area contributed by atoms with Crippen LogP contribution in [0.4, 0.5) is 0 Å². The second-order valence-corrected chi connectivity index (χ2v) is 4.88. The maximum atomic E-state index is 12.3. The van der Waals surface area contributed by atoms with Crippen LogP contribution in [-0.4, -0.2) is 51.5 Å². The van der Waals surface area contributed by atoms with Gasteiger partial charge in [-0.05, 0) is 19.1 Å². The molecule has 6 heteroatoms. The van der Waals surface area contributed by atoms with Crippen LogP contribution in [0.2, 0.25) is 0 Å². The molecule has 3 rings (SSSR count). The van der Waals surface area contributed by atoms with E-state index in [2.05, 4.69) is 22.6 Å². The van der Waals surface area contributed by atoms with E-state index in [4.69, 9.17) is 0 Å². The van der Waals surface area contributed by atoms with Gasteiger partial charge in [-0.2, -0.15) is 0 Å². The van der Waals surface area contributed by atoms with E-state index in [1.54, 1.807) is 4.68 Å². The lowest BCUT2D eigenvalue weighted by Gasteiger charge is -2.33. The number of carbonyl (C=O) groups excluding carboxylic acids is 1. The van der Waals surface area contributed by atoms with Gasteiger partial charge in [-0.3, -0.25) is 4.79 Å². The quantitative estimate of drug-likeness (QED) is 0.840. The van der Waals surface area contributed by atoms with Gasteiger partial charge in [0.1, 0.15) is 12.1 Å². The third-order valence-electron chi connectivity index (χ3n) is 3.53. The molecule has 1 aliphatic rings. The molecule has 6 nitrogen and oxygen atoms in total. The highest BCUT2D eigenvalue weighted by atomic mass is 16.2. The topological polar surface area (TPSA) is 63.1 Å². The Labute approximate surface area is 111 Å². The van der Waals surface area contributed by atoms with Crippen molar-refractivity contribution in [3.63, 3.8) is 0 Å². The Morgan fingerprint density at radius 3 is 3.16 bits per heavy atom. The van der Waals surface area contributed by atoms with E-state index >= 15 is 0 Å². The normalized spacial score (nSPS) is 19.8. The zero-order valence-electron chi connectivity index (χ0n) is 10.9. The number of hydrogen-bond acceptors (Lipinski definition) is 4. The van der Waals surface area contributed by atoms with Crippen LogP contribution >= 0.6 is 0 Å². The van der Waals surface area contributed by atoms with Gasteiger partial charge < -0.3 is 10.2 Å². The zero-order chi connectivity index (χ0) is 13.2. The van der Waals surface area contributed by atoms with Gasteiger partial charge in [-0.15, -0.1) is 5.10 Å². The molecule has 1 saturated heterocycles. The summed E-state index contributed by atoms with van der Waals surface area (Å²) in [6, 6.07) is 7.92. The Morgan fingerprint density at radius 1 is 1.47 bits per heavy atom. The second kappa shape index (κ2) is 4.97. The summed E-state index contributed by atoms with van der Waals surface area (Å²) in [5, 5.41) is 11.4. The summed E-state index contributed by atoms with van der Waals surface area (Å²) in [6.45, 7) is 4.78. The van der Waals surface area contributed by atoms with E-state index in [0.29, 0.717) is 0 Å². The number of para-hydroxylation sites is 1. The zero-order valence-corrected chi connectivity index (χ0v) is 10.9. The highest BCUT2D eigenvalue weighted by Crippen LogP contribution is 2.11. The molecule has 0 bridgehead atoms. The number of amides is 1. The van der Waals surface area contributed by atoms with Crippen LogP contribution in [0.15, 0.2) is 24.3 Å². The number of nitrogens with one attached hydrogen (secondary N) is 1. The first-order valence-electron chi connectivity index (χ1n) is 6.54. The lowest BCUT2D eigenvalue weighted by Crippen LogP contribution is -2.53. The molecule has 19 heavy (non-hydrogen) atoms. The second-order valence-electron chi connectivity index (χ2n) is 4.88. The third kappa shape index (κ3) is 2.31. The SMILES string of the molecule is CC1CNCCN1C(=O)Cn1nnc2ccccc21. The Morgan fingerprint density at radius 2 is 2.32 bits per heavy atom. The van der Waals surface area contributed by atoms with Crippen molar-refractivity contribution >= 4 is 16.9 Å². The van der Waals surface area contributed by atoms with Crippen LogP contribution in [0.5, 0.6) is 0 Å². The number of nitrogens with zero attached hydrogens (tertiary/aromatic N) is 4. The molecule has 1 aliphatic heterocycles. The fourth-order valence-corrected chi connectivity index (χ4v) is 2.46. The van der Waals surface area contributed by atoms with Crippen molar-refractivity contribution in [2.45, 2.75) is 19.5 Å². The molecule has 1 fully saturated rings. The fraction of sp³-hybridized carbons (Fsp3) is 0.462. The molecule has 1 aromatic carbocycles. The summed E-state index contributed by atoms with van der Waals surface area (Å²) in [6.07, 6.45) is 0. The standard InChI is InChI=1S/C13H17N5O/c1-10-8-14-6-7-17(10)13(19)9-18-12-5-3-2-4-11(12)15-16-18/h2-5,10,14H,6-9H2,1H3. The number of fused-ring (bicyclic) bond motifs is 1. The monoisotopic (exact) mass is 259 g/mol. The van der Waals surface area contributed by atoms with E-state index in [9.17, 15) is 4.79 Å². The highest BCUT2D eigenvalue weighted by Gasteiger charge is 2.23. The Balaban J connectivity index is 1.79. The van der Waals surface area contributed by atoms with Gasteiger partial charge in [0.25, 0.3) is 0 Å². The summed E-state index contributed by atoms with van der Waals surface area (Å²) in [7, 11) is 0. The molecule has 100 valence electrons. The predicted molar refractivity (Wildman–Crippen MR) is 71.6 cm³/mol. The lowest BCUT2D eigenvalue weighted by atomic mass is 10.2. The molecule has 0 spiro atoms. The molecule has 0 aliphatic carbocycles. The van der Waals surface area contributed by atoms with E-state index in [1.807, 2.05) is 29.2 Å². The number of carbonyl (C=O) groups is 1. The Hall–Kier alpha value is -1.95. The molecule has 1 aromatic heterocycles. The first kappa shape index (κ1) is 12.1. The highest BCUT2D eigenvalue weighted by molar-refractivity contribution is 5.80. The third-order valence-corrected chi connectivity index (χ3v) is 3.53. The maximum Gasteiger partial charge on any atom is 0.244 e. The van der Waals surface area contributed by atoms with Crippen molar-refractivity contribution in [1.82, 2.24) is 25.2 Å². The molecule has 2 heterocycles. The lowest BCUT2D eigenvalue weighted by molar-refractivity contribution is -0.134. The molecule has 2 aromatic rings. The average Bonchev–Trinajstić information content (AvgIpc) is 2.83. The van der Waals surface area contributed by atoms with Crippen molar-refractivity contribution < 1.29 is 4.79 Å².